The van der Waals surface area contributed by atoms with Gasteiger partial charge in [0.2, 0.25) is 0 Å². The first-order valence-corrected chi connectivity index (χ1v) is 11.9. The topological polar surface area (TPSA) is 110 Å². The van der Waals surface area contributed by atoms with Crippen molar-refractivity contribution in [3.8, 4) is 0 Å². The lowest BCUT2D eigenvalue weighted by molar-refractivity contribution is -0.139. The average Bonchev–Trinajstić information content (AvgIpc) is 3.40. The number of carboxylic acid groups (broad SMARTS) is 1. The van der Waals surface area contributed by atoms with Gasteiger partial charge in [-0.3, -0.25) is 9.36 Å². The van der Waals surface area contributed by atoms with E-state index in [9.17, 15) is 19.5 Å². The fourth-order valence-corrected chi connectivity index (χ4v) is 5.38. The number of carboxylic acids is 1. The zero-order valence-corrected chi connectivity index (χ0v) is 19.9. The molecule has 1 atom stereocenters. The molecular weight excluding hydrogens is 486 g/mol. The first-order valence-electron chi connectivity index (χ1n) is 9.82. The second kappa shape index (κ2) is 9.34. The summed E-state index contributed by atoms with van der Waals surface area (Å²) in [5.41, 5.74) is 0.877. The van der Waals surface area contributed by atoms with E-state index in [1.54, 1.807) is 13.8 Å². The van der Waals surface area contributed by atoms with E-state index in [1.807, 2.05) is 17.5 Å². The summed E-state index contributed by atoms with van der Waals surface area (Å²) in [7, 11) is 0. The number of hydrogen-bond donors (Lipinski definition) is 2. The van der Waals surface area contributed by atoms with Gasteiger partial charge in [0.15, 0.2) is 4.80 Å². The molecule has 1 aromatic carbocycles. The van der Waals surface area contributed by atoms with Crippen LogP contribution in [0.2, 0.25) is 5.02 Å². The summed E-state index contributed by atoms with van der Waals surface area (Å²) in [5, 5.41) is 14.3. The first-order chi connectivity index (χ1) is 15.8. The molecule has 0 saturated carbocycles. The molecule has 170 valence electrons. The lowest BCUT2D eigenvalue weighted by Crippen LogP contribution is -2.39. The van der Waals surface area contributed by atoms with E-state index < -0.39 is 18.0 Å². The smallest absolute Gasteiger partial charge is 0.338 e. The summed E-state index contributed by atoms with van der Waals surface area (Å²) in [5.74, 6) is -1.60. The van der Waals surface area contributed by atoms with Crippen LogP contribution in [0.4, 0.5) is 5.69 Å². The van der Waals surface area contributed by atoms with Gasteiger partial charge in [0.1, 0.15) is 10.6 Å². The fourth-order valence-electron chi connectivity index (χ4n) is 3.42. The predicted molar refractivity (Wildman–Crippen MR) is 128 cm³/mol. The van der Waals surface area contributed by atoms with E-state index >= 15 is 0 Å². The molecule has 8 nitrogen and oxygen atoms in total. The average molecular weight is 504 g/mol. The van der Waals surface area contributed by atoms with E-state index in [-0.39, 0.29) is 17.7 Å². The second-order valence-corrected chi connectivity index (χ2v) is 9.36. The number of esters is 1. The van der Waals surface area contributed by atoms with Gasteiger partial charge in [0, 0.05) is 11.1 Å². The molecule has 33 heavy (non-hydrogen) atoms. The predicted octanol–water partition coefficient (Wildman–Crippen LogP) is 3.23. The normalized spacial score (nSPS) is 15.7. The van der Waals surface area contributed by atoms with E-state index in [4.69, 9.17) is 16.3 Å². The molecule has 2 N–H and O–H groups in total. The minimum atomic E-state index is -1.09. The van der Waals surface area contributed by atoms with Crippen molar-refractivity contribution >= 4 is 58.1 Å². The molecule has 4 rings (SSSR count). The highest BCUT2D eigenvalue weighted by Crippen LogP contribution is 2.33. The Morgan fingerprint density at radius 3 is 2.82 bits per heavy atom. The minimum Gasteiger partial charge on any atom is -0.478 e. The summed E-state index contributed by atoms with van der Waals surface area (Å²) in [6.07, 6.45) is 1.46. The molecule has 0 unspecified atom stereocenters. The maximum atomic E-state index is 13.4. The van der Waals surface area contributed by atoms with Crippen LogP contribution in [0, 0.1) is 0 Å². The van der Waals surface area contributed by atoms with Crippen molar-refractivity contribution in [2.24, 2.45) is 4.99 Å². The Hall–Kier alpha value is -3.21. The molecule has 0 radical (unpaired) electrons. The number of hydrogen-bond acceptors (Lipinski definition) is 8. The summed E-state index contributed by atoms with van der Waals surface area (Å²) < 4.78 is 7.05. The van der Waals surface area contributed by atoms with Crippen LogP contribution in [0.5, 0.6) is 0 Å². The zero-order valence-electron chi connectivity index (χ0n) is 17.5. The molecule has 0 saturated heterocycles. The molecule has 0 fully saturated rings. The highest BCUT2D eigenvalue weighted by molar-refractivity contribution is 7.10. The molecule has 0 amide bonds. The van der Waals surface area contributed by atoms with Crippen molar-refractivity contribution < 1.29 is 19.4 Å². The van der Waals surface area contributed by atoms with E-state index in [0.29, 0.717) is 31.3 Å². The van der Waals surface area contributed by atoms with Crippen LogP contribution in [0.3, 0.4) is 0 Å². The molecule has 2 aromatic heterocycles. The Morgan fingerprint density at radius 2 is 2.15 bits per heavy atom. The summed E-state index contributed by atoms with van der Waals surface area (Å²) in [4.78, 5) is 43.1. The third-order valence-corrected chi connectivity index (χ3v) is 7.14. The van der Waals surface area contributed by atoms with Crippen molar-refractivity contribution in [1.29, 1.82) is 0 Å². The van der Waals surface area contributed by atoms with E-state index in [2.05, 4.69) is 10.3 Å². The fraction of sp³-hybridized carbons (Fsp3) is 0.182. The lowest BCUT2D eigenvalue weighted by atomic mass is 10.0. The van der Waals surface area contributed by atoms with Crippen LogP contribution in [-0.2, 0) is 9.53 Å². The number of aromatic carboxylic acids is 1. The summed E-state index contributed by atoms with van der Waals surface area (Å²) in [6.45, 7) is 3.65. The van der Waals surface area contributed by atoms with Gasteiger partial charge in [-0.05, 0) is 43.5 Å². The van der Waals surface area contributed by atoms with Gasteiger partial charge in [-0.1, -0.05) is 29.0 Å². The molecule has 11 heteroatoms. The standard InChI is InChI=1S/C22H18ClN3O5S2/c1-3-31-21(30)17-11(2)25-22-26(18(17)15-5-4-8-32-15)19(27)16(33-22)10-24-14-9-12(20(28)29)6-7-13(14)23/h4-10,18,24H,3H2,1-2H3,(H,28,29)/b16-10-/t18-/m0/s1. The van der Waals surface area contributed by atoms with Crippen LogP contribution < -0.4 is 20.2 Å². The quantitative estimate of drug-likeness (QED) is 0.500. The Bertz CT molecular complexity index is 1450. The molecule has 3 aromatic rings. The van der Waals surface area contributed by atoms with Crippen LogP contribution in [0.15, 0.2) is 56.8 Å². The molecule has 0 aliphatic carbocycles. The van der Waals surface area contributed by atoms with Gasteiger partial charge in [-0.2, -0.15) is 0 Å². The number of nitrogens with one attached hydrogen (secondary N) is 1. The van der Waals surface area contributed by atoms with Crippen molar-refractivity contribution in [2.75, 3.05) is 11.9 Å². The Labute approximate surface area is 200 Å². The van der Waals surface area contributed by atoms with Gasteiger partial charge in [0.05, 0.1) is 34.2 Å². The second-order valence-electron chi connectivity index (χ2n) is 6.96. The highest BCUT2D eigenvalue weighted by Gasteiger charge is 2.33. The number of thiophene rings is 1. The number of ether oxygens (including phenoxy) is 1. The van der Waals surface area contributed by atoms with Gasteiger partial charge in [-0.25, -0.2) is 14.6 Å². The number of rotatable bonds is 6. The number of nitrogens with zero attached hydrogens (tertiary/aromatic N) is 2. The Kier molecular flexibility index (Phi) is 6.50. The number of aromatic nitrogens is 1. The van der Waals surface area contributed by atoms with Crippen LogP contribution >= 0.6 is 34.3 Å². The van der Waals surface area contributed by atoms with Gasteiger partial charge >= 0.3 is 11.9 Å². The largest absolute Gasteiger partial charge is 0.478 e. The van der Waals surface area contributed by atoms with Crippen LogP contribution in [0.1, 0.15) is 35.1 Å². The number of halogens is 1. The third kappa shape index (κ3) is 4.37. The maximum Gasteiger partial charge on any atom is 0.338 e. The zero-order chi connectivity index (χ0) is 23.7. The highest BCUT2D eigenvalue weighted by atomic mass is 35.5. The SMILES string of the molecule is CCOC(=O)C1=C(C)N=c2s/c(=C\Nc3cc(C(=O)O)ccc3Cl)c(=O)n2[C@H]1c1cccs1. The summed E-state index contributed by atoms with van der Waals surface area (Å²) in [6, 6.07) is 7.31. The van der Waals surface area contributed by atoms with Gasteiger partial charge < -0.3 is 15.2 Å². The molecular formula is C22H18ClN3O5S2. The van der Waals surface area contributed by atoms with Gasteiger partial charge in [0.25, 0.3) is 5.56 Å². The monoisotopic (exact) mass is 503 g/mol. The van der Waals surface area contributed by atoms with Crippen molar-refractivity contribution in [3.63, 3.8) is 0 Å². The van der Waals surface area contributed by atoms with E-state index in [1.165, 1.54) is 40.3 Å². The van der Waals surface area contributed by atoms with Crippen LogP contribution in [-0.4, -0.2) is 28.2 Å². The Morgan fingerprint density at radius 1 is 1.36 bits per heavy atom. The molecule has 3 heterocycles. The molecule has 0 bridgehead atoms. The number of benzene rings is 1. The number of carbonyl (C=O) groups is 2. The number of carbonyl (C=O) groups excluding carboxylic acids is 1. The van der Waals surface area contributed by atoms with Crippen LogP contribution in [0.25, 0.3) is 6.20 Å². The Balaban J connectivity index is 1.83. The number of allylic oxidation sites excluding steroid dienone is 1. The molecule has 1 aliphatic heterocycles. The van der Waals surface area contributed by atoms with Crippen molar-refractivity contribution in [3.05, 3.63) is 82.1 Å². The first kappa shape index (κ1) is 23.0. The third-order valence-electron chi connectivity index (χ3n) is 4.90. The molecule has 1 aliphatic rings. The number of fused-ring (bicyclic) bond motifs is 1. The van der Waals surface area contributed by atoms with E-state index in [0.717, 1.165) is 16.2 Å². The number of anilines is 1. The summed E-state index contributed by atoms with van der Waals surface area (Å²) >= 11 is 8.76. The lowest BCUT2D eigenvalue weighted by Gasteiger charge is -2.23. The maximum absolute atomic E-state index is 13.4. The number of thiazole rings is 1. The van der Waals surface area contributed by atoms with Gasteiger partial charge in [-0.15, -0.1) is 11.3 Å². The van der Waals surface area contributed by atoms with Crippen molar-refractivity contribution in [1.82, 2.24) is 4.57 Å². The molecule has 0 spiro atoms. The minimum absolute atomic E-state index is 0.0594. The van der Waals surface area contributed by atoms with Crippen molar-refractivity contribution in [2.45, 2.75) is 19.9 Å².